The number of carbonyl (C=O) groups is 3. The van der Waals surface area contributed by atoms with Crippen LogP contribution in [0.1, 0.15) is 57.5 Å². The highest BCUT2D eigenvalue weighted by molar-refractivity contribution is 6.06. The molecule has 9 heteroatoms. The summed E-state index contributed by atoms with van der Waals surface area (Å²) in [6, 6.07) is 0.846. The largest absolute Gasteiger partial charge is 0.480 e. The smallest absolute Gasteiger partial charge is 0.420 e. The Morgan fingerprint density at radius 2 is 1.83 bits per heavy atom. The van der Waals surface area contributed by atoms with E-state index in [0.29, 0.717) is 10.9 Å². The predicted molar refractivity (Wildman–Crippen MR) is 110 cm³/mol. The fourth-order valence-electron chi connectivity index (χ4n) is 3.06. The second-order valence-electron chi connectivity index (χ2n) is 9.07. The molecular weight excluding hydrogens is 390 g/mol. The number of hydrogen-bond acceptors (Lipinski definition) is 7. The van der Waals surface area contributed by atoms with Gasteiger partial charge in [0.15, 0.2) is 5.65 Å². The minimum Gasteiger partial charge on any atom is -0.480 e. The SMILES string of the molecule is COC(=O)c1cn(C(=O)OC(C)(C)C)c2nccc(CNC(C(=O)O)C(C)(C)C)c12. The van der Waals surface area contributed by atoms with Crippen LogP contribution in [0.2, 0.25) is 0 Å². The Balaban J connectivity index is 2.55. The van der Waals surface area contributed by atoms with Crippen LogP contribution in [-0.4, -0.2) is 51.4 Å². The van der Waals surface area contributed by atoms with Crippen LogP contribution >= 0.6 is 0 Å². The lowest BCUT2D eigenvalue weighted by atomic mass is 9.86. The molecule has 2 aromatic rings. The van der Waals surface area contributed by atoms with E-state index in [0.717, 1.165) is 4.57 Å². The first-order valence-electron chi connectivity index (χ1n) is 9.53. The maximum Gasteiger partial charge on any atom is 0.420 e. The lowest BCUT2D eigenvalue weighted by molar-refractivity contribution is -0.142. The molecule has 0 aliphatic heterocycles. The zero-order valence-electron chi connectivity index (χ0n) is 18.4. The fraction of sp³-hybridized carbons (Fsp3) is 0.524. The van der Waals surface area contributed by atoms with E-state index >= 15 is 0 Å². The molecule has 0 aromatic carbocycles. The molecule has 0 saturated heterocycles. The lowest BCUT2D eigenvalue weighted by Gasteiger charge is -2.28. The highest BCUT2D eigenvalue weighted by Gasteiger charge is 2.31. The molecule has 2 N–H and O–H groups in total. The number of nitrogens with one attached hydrogen (secondary N) is 1. The number of carbonyl (C=O) groups excluding carboxylic acids is 2. The molecule has 0 aliphatic rings. The molecular formula is C21H29N3O6. The van der Waals surface area contributed by atoms with Crippen molar-refractivity contribution in [1.82, 2.24) is 14.9 Å². The average molecular weight is 419 g/mol. The number of aromatic nitrogens is 2. The molecule has 0 radical (unpaired) electrons. The second-order valence-corrected chi connectivity index (χ2v) is 9.07. The van der Waals surface area contributed by atoms with Crippen molar-refractivity contribution in [3.8, 4) is 0 Å². The molecule has 2 rings (SSSR count). The minimum absolute atomic E-state index is 0.144. The van der Waals surface area contributed by atoms with Crippen LogP contribution in [0.3, 0.4) is 0 Å². The number of carboxylic acids is 1. The van der Waals surface area contributed by atoms with Crippen LogP contribution in [-0.2, 0) is 20.8 Å². The molecule has 1 unspecified atom stereocenters. The Kier molecular flexibility index (Phi) is 6.56. The van der Waals surface area contributed by atoms with Crippen LogP contribution in [0.5, 0.6) is 0 Å². The number of carboxylic acid groups (broad SMARTS) is 1. The van der Waals surface area contributed by atoms with Gasteiger partial charge in [-0.1, -0.05) is 20.8 Å². The Bertz CT molecular complexity index is 966. The van der Waals surface area contributed by atoms with E-state index < -0.39 is 35.1 Å². The Morgan fingerprint density at radius 1 is 1.20 bits per heavy atom. The summed E-state index contributed by atoms with van der Waals surface area (Å²) < 4.78 is 11.4. The van der Waals surface area contributed by atoms with Gasteiger partial charge in [0.05, 0.1) is 12.7 Å². The maximum absolute atomic E-state index is 12.7. The van der Waals surface area contributed by atoms with Crippen molar-refractivity contribution in [2.75, 3.05) is 7.11 Å². The molecule has 0 spiro atoms. The Morgan fingerprint density at radius 3 is 2.33 bits per heavy atom. The third kappa shape index (κ3) is 5.15. The van der Waals surface area contributed by atoms with Gasteiger partial charge in [-0.25, -0.2) is 19.1 Å². The Hall–Kier alpha value is -2.94. The summed E-state index contributed by atoms with van der Waals surface area (Å²) in [6.07, 6.45) is 2.14. The van der Waals surface area contributed by atoms with Crippen molar-refractivity contribution >= 4 is 29.1 Å². The summed E-state index contributed by atoms with van der Waals surface area (Å²) in [4.78, 5) is 40.9. The van der Waals surface area contributed by atoms with E-state index in [-0.39, 0.29) is 17.8 Å². The molecule has 0 saturated carbocycles. The number of esters is 1. The van der Waals surface area contributed by atoms with Crippen LogP contribution in [0.4, 0.5) is 4.79 Å². The van der Waals surface area contributed by atoms with Crippen LogP contribution < -0.4 is 5.32 Å². The van der Waals surface area contributed by atoms with Crippen molar-refractivity contribution in [1.29, 1.82) is 0 Å². The predicted octanol–water partition coefficient (Wildman–Crippen LogP) is 3.20. The van der Waals surface area contributed by atoms with Crippen molar-refractivity contribution < 1.29 is 29.0 Å². The molecule has 0 amide bonds. The van der Waals surface area contributed by atoms with E-state index in [2.05, 4.69) is 10.3 Å². The first-order chi connectivity index (χ1) is 13.8. The van der Waals surface area contributed by atoms with E-state index in [1.54, 1.807) is 26.8 Å². The number of rotatable bonds is 5. The minimum atomic E-state index is -0.979. The van der Waals surface area contributed by atoms with Gasteiger partial charge >= 0.3 is 18.0 Å². The van der Waals surface area contributed by atoms with Gasteiger partial charge in [-0.3, -0.25) is 10.1 Å². The molecule has 9 nitrogen and oxygen atoms in total. The summed E-state index contributed by atoms with van der Waals surface area (Å²) in [5.74, 6) is -1.62. The van der Waals surface area contributed by atoms with Crippen LogP contribution in [0.15, 0.2) is 18.5 Å². The van der Waals surface area contributed by atoms with E-state index in [4.69, 9.17) is 9.47 Å². The van der Waals surface area contributed by atoms with Gasteiger partial charge in [0.2, 0.25) is 0 Å². The number of ether oxygens (including phenoxy) is 2. The van der Waals surface area contributed by atoms with E-state index in [9.17, 15) is 19.5 Å². The molecule has 2 heterocycles. The van der Waals surface area contributed by atoms with E-state index in [1.165, 1.54) is 19.5 Å². The van der Waals surface area contributed by atoms with Gasteiger partial charge in [0, 0.05) is 24.3 Å². The third-order valence-corrected chi connectivity index (χ3v) is 4.38. The number of nitrogens with zero attached hydrogens (tertiary/aromatic N) is 2. The van der Waals surface area contributed by atoms with Gasteiger partial charge in [-0.15, -0.1) is 0 Å². The summed E-state index contributed by atoms with van der Waals surface area (Å²) in [7, 11) is 1.24. The number of aliphatic carboxylic acids is 1. The number of hydrogen-bond donors (Lipinski definition) is 2. The van der Waals surface area contributed by atoms with Gasteiger partial charge < -0.3 is 14.6 Å². The zero-order chi connectivity index (χ0) is 22.9. The molecule has 2 aromatic heterocycles. The molecule has 0 fully saturated rings. The Labute approximate surface area is 175 Å². The van der Waals surface area contributed by atoms with Gasteiger partial charge in [0.25, 0.3) is 0 Å². The third-order valence-electron chi connectivity index (χ3n) is 4.38. The molecule has 164 valence electrons. The monoisotopic (exact) mass is 419 g/mol. The summed E-state index contributed by atoms with van der Waals surface area (Å²) in [5, 5.41) is 13.0. The van der Waals surface area contributed by atoms with Crippen molar-refractivity contribution in [3.05, 3.63) is 29.6 Å². The standard InChI is InChI=1S/C21H29N3O6/c1-20(2,3)15(17(25)26)23-10-12-8-9-22-16-14(12)13(18(27)29-7)11-24(16)19(28)30-21(4,5)6/h8-9,11,15,23H,10H2,1-7H3,(H,25,26). The van der Waals surface area contributed by atoms with Gasteiger partial charge in [0.1, 0.15) is 11.6 Å². The average Bonchev–Trinajstić information content (AvgIpc) is 2.99. The highest BCUT2D eigenvalue weighted by atomic mass is 16.6. The fourth-order valence-corrected chi connectivity index (χ4v) is 3.06. The van der Waals surface area contributed by atoms with Crippen molar-refractivity contribution in [2.24, 2.45) is 5.41 Å². The quantitative estimate of drug-likeness (QED) is 0.709. The van der Waals surface area contributed by atoms with Crippen LogP contribution in [0, 0.1) is 5.41 Å². The number of pyridine rings is 1. The first kappa shape index (κ1) is 23.3. The molecule has 1 atom stereocenters. The summed E-state index contributed by atoms with van der Waals surface area (Å²) in [6.45, 7) is 10.8. The topological polar surface area (TPSA) is 120 Å². The second kappa shape index (κ2) is 8.43. The molecule has 0 aliphatic carbocycles. The number of methoxy groups -OCH3 is 1. The zero-order valence-corrected chi connectivity index (χ0v) is 18.4. The maximum atomic E-state index is 12.7. The van der Waals surface area contributed by atoms with Gasteiger partial charge in [-0.2, -0.15) is 0 Å². The summed E-state index contributed by atoms with van der Waals surface area (Å²) >= 11 is 0. The van der Waals surface area contributed by atoms with Crippen molar-refractivity contribution in [2.45, 2.75) is 59.7 Å². The summed E-state index contributed by atoms with van der Waals surface area (Å²) in [5.41, 5.74) is -0.290. The number of fused-ring (bicyclic) bond motifs is 1. The first-order valence-corrected chi connectivity index (χ1v) is 9.53. The van der Waals surface area contributed by atoms with Crippen molar-refractivity contribution in [3.63, 3.8) is 0 Å². The van der Waals surface area contributed by atoms with Crippen LogP contribution in [0.25, 0.3) is 11.0 Å². The highest BCUT2D eigenvalue weighted by Crippen LogP contribution is 2.27. The lowest BCUT2D eigenvalue weighted by Crippen LogP contribution is -2.46. The molecule has 30 heavy (non-hydrogen) atoms. The normalized spacial score (nSPS) is 13.2. The van der Waals surface area contributed by atoms with E-state index in [1.807, 2.05) is 20.8 Å². The van der Waals surface area contributed by atoms with Gasteiger partial charge in [-0.05, 0) is 37.8 Å². The molecule has 0 bridgehead atoms.